The molecule has 1 atom stereocenters. The number of fused-ring (bicyclic) bond motifs is 1. The van der Waals surface area contributed by atoms with Crippen LogP contribution < -0.4 is 14.9 Å². The number of carbonyl (C=O) groups excluding carboxylic acids is 3. The number of carbonyl (C=O) groups is 3. The highest BCUT2D eigenvalue weighted by atomic mass is 32.2. The van der Waals surface area contributed by atoms with Gasteiger partial charge in [-0.1, -0.05) is 24.3 Å². The van der Waals surface area contributed by atoms with Crippen molar-refractivity contribution >= 4 is 33.6 Å². The molecule has 1 unspecified atom stereocenters. The van der Waals surface area contributed by atoms with Crippen LogP contribution in [0.4, 0.5) is 10.5 Å². The molecule has 3 amide bonds. The maximum Gasteiger partial charge on any atom is 0.338 e. The zero-order valence-electron chi connectivity index (χ0n) is 17.1. The Morgan fingerprint density at radius 2 is 1.87 bits per heavy atom. The molecule has 0 bridgehead atoms. The van der Waals surface area contributed by atoms with Gasteiger partial charge in [-0.05, 0) is 50.1 Å². The summed E-state index contributed by atoms with van der Waals surface area (Å²) in [4.78, 5) is 35.2. The number of urea groups is 1. The van der Waals surface area contributed by atoms with E-state index in [1.807, 2.05) is 24.4 Å². The minimum Gasteiger partial charge on any atom is -0.452 e. The molecule has 164 valence electrons. The number of amides is 3. The van der Waals surface area contributed by atoms with Gasteiger partial charge in [-0.2, -0.15) is 0 Å². The summed E-state index contributed by atoms with van der Waals surface area (Å²) in [7, 11) is -3.92. The number of sulfonamides is 1. The molecule has 2 aromatic carbocycles. The summed E-state index contributed by atoms with van der Waals surface area (Å²) >= 11 is 0. The second-order valence-electron chi connectivity index (χ2n) is 6.99. The van der Waals surface area contributed by atoms with E-state index in [1.54, 1.807) is 19.1 Å². The van der Waals surface area contributed by atoms with Crippen LogP contribution in [0, 0.1) is 0 Å². The molecule has 0 aliphatic carbocycles. The lowest BCUT2D eigenvalue weighted by Crippen LogP contribution is -2.41. The third-order valence-corrected chi connectivity index (χ3v) is 6.62. The number of imide groups is 1. The van der Waals surface area contributed by atoms with Crippen molar-refractivity contribution in [3.8, 4) is 0 Å². The van der Waals surface area contributed by atoms with Crippen molar-refractivity contribution in [3.05, 3.63) is 59.7 Å². The highest BCUT2D eigenvalue weighted by Crippen LogP contribution is 2.36. The molecule has 3 rings (SSSR count). The first-order valence-electron chi connectivity index (χ1n) is 9.71. The highest BCUT2D eigenvalue weighted by molar-refractivity contribution is 7.92. The number of ether oxygens (including phenoxy) is 1. The zero-order valence-corrected chi connectivity index (χ0v) is 17.9. The first kappa shape index (κ1) is 22.3. The number of hydrogen-bond acceptors (Lipinski definition) is 6. The van der Waals surface area contributed by atoms with Crippen molar-refractivity contribution in [2.75, 3.05) is 17.5 Å². The molecular weight excluding hydrogens is 422 g/mol. The van der Waals surface area contributed by atoms with E-state index in [0.29, 0.717) is 18.7 Å². The summed E-state index contributed by atoms with van der Waals surface area (Å²) in [5.74, 6) is -1.68. The van der Waals surface area contributed by atoms with Crippen molar-refractivity contribution in [2.45, 2.75) is 31.2 Å². The fraction of sp³-hybridized carbons (Fsp3) is 0.286. The molecule has 0 saturated heterocycles. The second-order valence-corrected chi connectivity index (χ2v) is 8.81. The average molecular weight is 445 g/mol. The lowest BCUT2D eigenvalue weighted by atomic mass is 10.1. The summed E-state index contributed by atoms with van der Waals surface area (Å²) in [5.41, 5.74) is 1.53. The molecule has 1 heterocycles. The van der Waals surface area contributed by atoms with Gasteiger partial charge < -0.3 is 10.1 Å². The van der Waals surface area contributed by atoms with Crippen LogP contribution in [0.2, 0.25) is 0 Å². The van der Waals surface area contributed by atoms with Gasteiger partial charge in [-0.15, -0.1) is 0 Å². The van der Waals surface area contributed by atoms with Gasteiger partial charge in [0.05, 0.1) is 16.1 Å². The molecule has 2 aromatic rings. The van der Waals surface area contributed by atoms with Crippen molar-refractivity contribution in [2.24, 2.45) is 0 Å². The second kappa shape index (κ2) is 9.17. The Kier molecular flexibility index (Phi) is 6.59. The van der Waals surface area contributed by atoms with Crippen LogP contribution in [-0.2, 0) is 26.0 Å². The summed E-state index contributed by atoms with van der Waals surface area (Å²) in [5, 5.41) is 4.38. The van der Waals surface area contributed by atoms with Gasteiger partial charge >= 0.3 is 12.0 Å². The first-order valence-corrected chi connectivity index (χ1v) is 11.1. The van der Waals surface area contributed by atoms with E-state index in [1.165, 1.54) is 28.6 Å². The minimum atomic E-state index is -3.92. The third-order valence-electron chi connectivity index (χ3n) is 4.70. The Labute approximate surface area is 180 Å². The molecular formula is C21H23N3O6S. The molecule has 31 heavy (non-hydrogen) atoms. The van der Waals surface area contributed by atoms with E-state index in [2.05, 4.69) is 5.32 Å². The lowest BCUT2D eigenvalue weighted by molar-refractivity contribution is -0.123. The largest absolute Gasteiger partial charge is 0.452 e. The molecule has 9 nitrogen and oxygen atoms in total. The molecule has 2 N–H and O–H groups in total. The maximum absolute atomic E-state index is 13.3. The van der Waals surface area contributed by atoms with Crippen LogP contribution in [0.1, 0.15) is 29.8 Å². The summed E-state index contributed by atoms with van der Waals surface area (Å²) < 4.78 is 32.8. The maximum atomic E-state index is 13.3. The molecule has 0 saturated carbocycles. The topological polar surface area (TPSA) is 122 Å². The first-order chi connectivity index (χ1) is 14.7. The van der Waals surface area contributed by atoms with E-state index >= 15 is 0 Å². The van der Waals surface area contributed by atoms with E-state index in [4.69, 9.17) is 4.74 Å². The van der Waals surface area contributed by atoms with Crippen molar-refractivity contribution < 1.29 is 27.5 Å². The van der Waals surface area contributed by atoms with Crippen LogP contribution >= 0.6 is 0 Å². The fourth-order valence-corrected chi connectivity index (χ4v) is 5.12. The number of hydrogen-bond donors (Lipinski definition) is 2. The number of anilines is 1. The molecule has 10 heteroatoms. The smallest absolute Gasteiger partial charge is 0.338 e. The van der Waals surface area contributed by atoms with E-state index < -0.39 is 34.5 Å². The summed E-state index contributed by atoms with van der Waals surface area (Å²) in [6.45, 7) is 3.17. The van der Waals surface area contributed by atoms with Crippen LogP contribution in [-0.4, -0.2) is 45.5 Å². The molecule has 0 fully saturated rings. The van der Waals surface area contributed by atoms with Crippen LogP contribution in [0.25, 0.3) is 0 Å². The Morgan fingerprint density at radius 3 is 2.61 bits per heavy atom. The molecule has 0 radical (unpaired) electrons. The number of esters is 1. The normalized spacial score (nSPS) is 15.2. The SMILES string of the molecule is CCNC(=O)NC(=O)COC(=O)c1cccc(S(=O)(=O)N2c3ccccc3CC2C)c1. The Hall–Kier alpha value is -3.40. The Bertz CT molecular complexity index is 1120. The molecule has 0 aromatic heterocycles. The van der Waals surface area contributed by atoms with E-state index in [-0.39, 0.29) is 16.5 Å². The summed E-state index contributed by atoms with van der Waals surface area (Å²) in [6.07, 6.45) is 0.595. The van der Waals surface area contributed by atoms with Crippen molar-refractivity contribution in [1.82, 2.24) is 10.6 Å². The fourth-order valence-electron chi connectivity index (χ4n) is 3.38. The minimum absolute atomic E-state index is 0.0213. The van der Waals surface area contributed by atoms with Crippen LogP contribution in [0.15, 0.2) is 53.4 Å². The van der Waals surface area contributed by atoms with Crippen LogP contribution in [0.5, 0.6) is 0 Å². The Balaban J connectivity index is 1.75. The van der Waals surface area contributed by atoms with Gasteiger partial charge in [0.25, 0.3) is 15.9 Å². The molecule has 1 aliphatic rings. The lowest BCUT2D eigenvalue weighted by Gasteiger charge is -2.24. The van der Waals surface area contributed by atoms with Crippen molar-refractivity contribution in [1.29, 1.82) is 0 Å². The van der Waals surface area contributed by atoms with Crippen molar-refractivity contribution in [3.63, 3.8) is 0 Å². The predicted molar refractivity (Wildman–Crippen MR) is 113 cm³/mol. The van der Waals surface area contributed by atoms with E-state index in [0.717, 1.165) is 5.56 Å². The standard InChI is InChI=1S/C21H23N3O6S/c1-3-22-21(27)23-19(25)13-30-20(26)16-8-6-9-17(12-16)31(28,29)24-14(2)11-15-7-4-5-10-18(15)24/h4-10,12,14H,3,11,13H2,1-2H3,(H2,22,23,25,27). The number of rotatable bonds is 6. The van der Waals surface area contributed by atoms with Gasteiger partial charge in [0.2, 0.25) is 0 Å². The van der Waals surface area contributed by atoms with Gasteiger partial charge in [-0.3, -0.25) is 14.4 Å². The highest BCUT2D eigenvalue weighted by Gasteiger charge is 2.36. The monoisotopic (exact) mass is 445 g/mol. The average Bonchev–Trinajstić information content (AvgIpc) is 3.08. The summed E-state index contributed by atoms with van der Waals surface area (Å²) in [6, 6.07) is 11.8. The number of nitrogens with zero attached hydrogens (tertiary/aromatic N) is 1. The quantitative estimate of drug-likeness (QED) is 0.654. The zero-order chi connectivity index (χ0) is 22.6. The van der Waals surface area contributed by atoms with Gasteiger partial charge in [0, 0.05) is 12.6 Å². The number of para-hydroxylation sites is 1. The number of benzene rings is 2. The van der Waals surface area contributed by atoms with Crippen LogP contribution in [0.3, 0.4) is 0 Å². The molecule has 0 spiro atoms. The van der Waals surface area contributed by atoms with E-state index in [9.17, 15) is 22.8 Å². The Morgan fingerprint density at radius 1 is 1.13 bits per heavy atom. The van der Waals surface area contributed by atoms with Gasteiger partial charge in [0.15, 0.2) is 6.61 Å². The molecule has 1 aliphatic heterocycles. The predicted octanol–water partition coefficient (Wildman–Crippen LogP) is 1.83. The van der Waals surface area contributed by atoms with Gasteiger partial charge in [-0.25, -0.2) is 18.0 Å². The number of nitrogens with one attached hydrogen (secondary N) is 2. The van der Waals surface area contributed by atoms with Gasteiger partial charge in [0.1, 0.15) is 0 Å². The third kappa shape index (κ3) is 4.85.